The van der Waals surface area contributed by atoms with Gasteiger partial charge in [0.25, 0.3) is 0 Å². The molecule has 0 radical (unpaired) electrons. The fourth-order valence-corrected chi connectivity index (χ4v) is 4.18. The summed E-state index contributed by atoms with van der Waals surface area (Å²) in [5.41, 5.74) is 0.910. The van der Waals surface area contributed by atoms with Gasteiger partial charge in [0.15, 0.2) is 11.6 Å². The molecule has 24 heavy (non-hydrogen) atoms. The molecule has 2 aromatic heterocycles. The Morgan fingerprint density at radius 3 is 3.17 bits per heavy atom. The van der Waals surface area contributed by atoms with Gasteiger partial charge in [0.2, 0.25) is 0 Å². The summed E-state index contributed by atoms with van der Waals surface area (Å²) in [5, 5.41) is 12.7. The third-order valence-corrected chi connectivity index (χ3v) is 5.72. The molecular formula is C17H26N6S. The molecule has 1 N–H and O–H groups in total. The normalized spacial score (nSPS) is 19.0. The lowest BCUT2D eigenvalue weighted by atomic mass is 10.3. The van der Waals surface area contributed by atoms with Crippen molar-refractivity contribution in [3.05, 3.63) is 30.2 Å². The summed E-state index contributed by atoms with van der Waals surface area (Å²) in [6.45, 7) is 5.33. The molecule has 1 unspecified atom stereocenters. The molecule has 7 heteroatoms. The van der Waals surface area contributed by atoms with E-state index in [1.807, 2.05) is 31.4 Å². The highest BCUT2D eigenvalue weighted by molar-refractivity contribution is 8.00. The molecule has 130 valence electrons. The molecule has 1 aliphatic heterocycles. The monoisotopic (exact) mass is 346 g/mol. The van der Waals surface area contributed by atoms with Gasteiger partial charge in [-0.2, -0.15) is 11.8 Å². The third kappa shape index (κ3) is 4.01. The molecule has 1 atom stereocenters. The number of aromatic nitrogens is 3. The van der Waals surface area contributed by atoms with E-state index in [1.54, 1.807) is 0 Å². The second-order valence-electron chi connectivity index (χ2n) is 5.97. The van der Waals surface area contributed by atoms with Crippen LogP contribution >= 0.6 is 11.8 Å². The minimum absolute atomic E-state index is 0.722. The molecule has 0 spiro atoms. The first-order chi connectivity index (χ1) is 11.8. The maximum atomic E-state index is 4.45. The van der Waals surface area contributed by atoms with E-state index in [2.05, 4.69) is 48.5 Å². The predicted molar refractivity (Wildman–Crippen MR) is 101 cm³/mol. The van der Waals surface area contributed by atoms with Crippen molar-refractivity contribution in [1.82, 2.24) is 24.8 Å². The van der Waals surface area contributed by atoms with Gasteiger partial charge in [-0.3, -0.25) is 9.39 Å². The van der Waals surface area contributed by atoms with Gasteiger partial charge in [0, 0.05) is 50.3 Å². The smallest absolute Gasteiger partial charge is 0.193 e. The van der Waals surface area contributed by atoms with Gasteiger partial charge in [0.05, 0.1) is 0 Å². The Morgan fingerprint density at radius 1 is 1.42 bits per heavy atom. The average Bonchev–Trinajstić information content (AvgIpc) is 3.05. The predicted octanol–water partition coefficient (Wildman–Crippen LogP) is 2.06. The lowest BCUT2D eigenvalue weighted by Crippen LogP contribution is -2.48. The molecule has 0 saturated carbocycles. The molecule has 1 fully saturated rings. The van der Waals surface area contributed by atoms with E-state index < -0.39 is 0 Å². The SMILES string of the molecule is CCC1CN(C(=NC)NCCCc2nnc3ccccn23)CCS1. The number of hydrogen-bond donors (Lipinski definition) is 1. The van der Waals surface area contributed by atoms with Gasteiger partial charge in [-0.25, -0.2) is 0 Å². The quantitative estimate of drug-likeness (QED) is 0.510. The number of fused-ring (bicyclic) bond motifs is 1. The number of nitrogens with zero attached hydrogens (tertiary/aromatic N) is 5. The topological polar surface area (TPSA) is 57.8 Å². The van der Waals surface area contributed by atoms with Crippen LogP contribution < -0.4 is 5.32 Å². The number of guanidine groups is 1. The molecule has 0 aliphatic carbocycles. The molecule has 0 bridgehead atoms. The van der Waals surface area contributed by atoms with Crippen molar-refractivity contribution in [1.29, 1.82) is 0 Å². The van der Waals surface area contributed by atoms with Crippen molar-refractivity contribution in [3.63, 3.8) is 0 Å². The Kier molecular flexibility index (Phi) is 5.96. The summed E-state index contributed by atoms with van der Waals surface area (Å²) >= 11 is 2.08. The minimum atomic E-state index is 0.722. The van der Waals surface area contributed by atoms with Crippen LogP contribution in [-0.4, -0.2) is 63.1 Å². The van der Waals surface area contributed by atoms with E-state index in [0.29, 0.717) is 0 Å². The van der Waals surface area contributed by atoms with Crippen molar-refractivity contribution in [2.24, 2.45) is 4.99 Å². The highest BCUT2D eigenvalue weighted by atomic mass is 32.2. The molecule has 6 nitrogen and oxygen atoms in total. The fraction of sp³-hybridized carbons (Fsp3) is 0.588. The van der Waals surface area contributed by atoms with E-state index in [1.165, 1.54) is 12.2 Å². The van der Waals surface area contributed by atoms with E-state index >= 15 is 0 Å². The van der Waals surface area contributed by atoms with Gasteiger partial charge in [-0.05, 0) is 25.0 Å². The standard InChI is InChI=1S/C17H26N6S/c1-3-14-13-22(11-12-24-14)17(18-2)19-9-6-8-16-21-20-15-7-4-5-10-23(15)16/h4-5,7,10,14H,3,6,8-9,11-13H2,1-2H3,(H,18,19). The van der Waals surface area contributed by atoms with Crippen molar-refractivity contribution < 1.29 is 0 Å². The zero-order chi connectivity index (χ0) is 16.8. The first-order valence-corrected chi connectivity index (χ1v) is 9.72. The van der Waals surface area contributed by atoms with Crippen molar-refractivity contribution in [2.45, 2.75) is 31.4 Å². The average molecular weight is 347 g/mol. The zero-order valence-electron chi connectivity index (χ0n) is 14.5. The summed E-state index contributed by atoms with van der Waals surface area (Å²) in [6.07, 6.45) is 5.16. The van der Waals surface area contributed by atoms with E-state index in [-0.39, 0.29) is 0 Å². The first kappa shape index (κ1) is 17.1. The Bertz CT molecular complexity index is 683. The molecular weight excluding hydrogens is 320 g/mol. The van der Waals surface area contributed by atoms with Crippen LogP contribution in [-0.2, 0) is 6.42 Å². The number of rotatable bonds is 5. The maximum Gasteiger partial charge on any atom is 0.193 e. The van der Waals surface area contributed by atoms with Crippen LogP contribution in [0.1, 0.15) is 25.6 Å². The Morgan fingerprint density at radius 2 is 2.33 bits per heavy atom. The molecule has 1 saturated heterocycles. The Labute approximate surface area is 147 Å². The lowest BCUT2D eigenvalue weighted by molar-refractivity contribution is 0.408. The van der Waals surface area contributed by atoms with Gasteiger partial charge >= 0.3 is 0 Å². The van der Waals surface area contributed by atoms with Crippen molar-refractivity contribution >= 4 is 23.4 Å². The molecule has 2 aromatic rings. The second-order valence-corrected chi connectivity index (χ2v) is 7.38. The third-order valence-electron chi connectivity index (χ3n) is 4.35. The number of aryl methyl sites for hydroxylation is 1. The lowest BCUT2D eigenvalue weighted by Gasteiger charge is -2.34. The molecule has 0 aromatic carbocycles. The number of thioether (sulfide) groups is 1. The highest BCUT2D eigenvalue weighted by Gasteiger charge is 2.21. The van der Waals surface area contributed by atoms with Crippen LogP contribution in [0.2, 0.25) is 0 Å². The van der Waals surface area contributed by atoms with Crippen LogP contribution in [0.3, 0.4) is 0 Å². The molecule has 3 rings (SSSR count). The molecule has 1 aliphatic rings. The van der Waals surface area contributed by atoms with Crippen LogP contribution in [0.25, 0.3) is 5.65 Å². The second kappa shape index (κ2) is 8.37. The number of pyridine rings is 1. The van der Waals surface area contributed by atoms with Gasteiger partial charge < -0.3 is 10.2 Å². The summed E-state index contributed by atoms with van der Waals surface area (Å²) < 4.78 is 2.06. The highest BCUT2D eigenvalue weighted by Crippen LogP contribution is 2.20. The zero-order valence-corrected chi connectivity index (χ0v) is 15.3. The number of nitrogens with one attached hydrogen (secondary N) is 1. The van der Waals surface area contributed by atoms with Crippen molar-refractivity contribution in [2.75, 3.05) is 32.4 Å². The Balaban J connectivity index is 1.48. The maximum absolute atomic E-state index is 4.45. The fourth-order valence-electron chi connectivity index (χ4n) is 3.00. The number of hydrogen-bond acceptors (Lipinski definition) is 4. The minimum Gasteiger partial charge on any atom is -0.356 e. The van der Waals surface area contributed by atoms with Crippen LogP contribution in [0.15, 0.2) is 29.4 Å². The first-order valence-electron chi connectivity index (χ1n) is 8.67. The summed E-state index contributed by atoms with van der Waals surface area (Å²) in [4.78, 5) is 6.84. The van der Waals surface area contributed by atoms with Crippen molar-refractivity contribution in [3.8, 4) is 0 Å². The van der Waals surface area contributed by atoms with Crippen LogP contribution in [0.4, 0.5) is 0 Å². The largest absolute Gasteiger partial charge is 0.356 e. The van der Waals surface area contributed by atoms with Gasteiger partial charge in [-0.1, -0.05) is 13.0 Å². The van der Waals surface area contributed by atoms with E-state index in [9.17, 15) is 0 Å². The van der Waals surface area contributed by atoms with E-state index in [0.717, 1.165) is 55.2 Å². The van der Waals surface area contributed by atoms with Crippen LogP contribution in [0, 0.1) is 0 Å². The molecule has 3 heterocycles. The van der Waals surface area contributed by atoms with Crippen LogP contribution in [0.5, 0.6) is 0 Å². The van der Waals surface area contributed by atoms with Gasteiger partial charge in [0.1, 0.15) is 5.82 Å². The molecule has 0 amide bonds. The number of aliphatic imine (C=N–C) groups is 1. The summed E-state index contributed by atoms with van der Waals surface area (Å²) in [7, 11) is 1.87. The van der Waals surface area contributed by atoms with Gasteiger partial charge in [-0.15, -0.1) is 10.2 Å². The Hall–Kier alpha value is -1.76. The van der Waals surface area contributed by atoms with E-state index in [4.69, 9.17) is 0 Å². The summed E-state index contributed by atoms with van der Waals surface area (Å²) in [6, 6.07) is 5.98. The summed E-state index contributed by atoms with van der Waals surface area (Å²) in [5.74, 6) is 3.23.